The lowest BCUT2D eigenvalue weighted by Gasteiger charge is -2.29. The van der Waals surface area contributed by atoms with Crippen LogP contribution in [0.5, 0.6) is 0 Å². The SMILES string of the molecule is Cc1nc(S(=O)(=O)N2CCC(C(=O)OCC(=O)N(C)Cc3ccc(F)cc3)CC2)cn1C. The van der Waals surface area contributed by atoms with Crippen LogP contribution in [0, 0.1) is 18.7 Å². The highest BCUT2D eigenvalue weighted by Gasteiger charge is 2.34. The molecule has 0 N–H and O–H groups in total. The van der Waals surface area contributed by atoms with Gasteiger partial charge in [0.25, 0.3) is 15.9 Å². The van der Waals surface area contributed by atoms with Gasteiger partial charge in [-0.3, -0.25) is 9.59 Å². The average Bonchev–Trinajstić information content (AvgIpc) is 3.12. The van der Waals surface area contributed by atoms with Gasteiger partial charge < -0.3 is 14.2 Å². The maximum atomic E-state index is 13.0. The minimum Gasteiger partial charge on any atom is -0.455 e. The fourth-order valence-electron chi connectivity index (χ4n) is 3.43. The molecule has 0 unspecified atom stereocenters. The third kappa shape index (κ3) is 5.52. The van der Waals surface area contributed by atoms with E-state index in [0.29, 0.717) is 18.7 Å². The number of nitrogens with zero attached hydrogens (tertiary/aromatic N) is 4. The molecule has 0 atom stereocenters. The topological polar surface area (TPSA) is 102 Å². The van der Waals surface area contributed by atoms with Gasteiger partial charge in [0.05, 0.1) is 5.92 Å². The van der Waals surface area contributed by atoms with E-state index in [-0.39, 0.29) is 36.4 Å². The second-order valence-corrected chi connectivity index (χ2v) is 9.78. The summed E-state index contributed by atoms with van der Waals surface area (Å²) in [6.07, 6.45) is 2.09. The van der Waals surface area contributed by atoms with Crippen LogP contribution in [0.1, 0.15) is 24.2 Å². The summed E-state index contributed by atoms with van der Waals surface area (Å²) in [5, 5.41) is -0.00619. The average molecular weight is 467 g/mol. The molecule has 9 nitrogen and oxygen atoms in total. The van der Waals surface area contributed by atoms with Crippen LogP contribution in [0.4, 0.5) is 4.39 Å². The van der Waals surface area contributed by atoms with Crippen LogP contribution in [0.25, 0.3) is 0 Å². The Morgan fingerprint density at radius 2 is 1.84 bits per heavy atom. The zero-order valence-electron chi connectivity index (χ0n) is 18.3. The molecule has 32 heavy (non-hydrogen) atoms. The predicted molar refractivity (Wildman–Crippen MR) is 113 cm³/mol. The number of likely N-dealkylation sites (N-methyl/N-ethyl adjacent to an activating group) is 1. The molecule has 1 aliphatic heterocycles. The summed E-state index contributed by atoms with van der Waals surface area (Å²) in [6, 6.07) is 5.79. The number of carbonyl (C=O) groups excluding carboxylic acids is 2. The Balaban J connectivity index is 1.47. The molecule has 1 aromatic heterocycles. The van der Waals surface area contributed by atoms with Crippen LogP contribution in [-0.4, -0.2) is 65.8 Å². The highest BCUT2D eigenvalue weighted by molar-refractivity contribution is 7.89. The molecule has 2 heterocycles. The van der Waals surface area contributed by atoms with Crippen molar-refractivity contribution in [1.82, 2.24) is 18.8 Å². The van der Waals surface area contributed by atoms with Crippen LogP contribution in [0.2, 0.25) is 0 Å². The molecule has 0 aliphatic carbocycles. The predicted octanol–water partition coefficient (Wildman–Crippen LogP) is 1.47. The van der Waals surface area contributed by atoms with Gasteiger partial charge in [-0.1, -0.05) is 12.1 Å². The Morgan fingerprint density at radius 3 is 2.41 bits per heavy atom. The molecule has 1 fully saturated rings. The molecule has 3 rings (SSSR count). The van der Waals surface area contributed by atoms with Crippen LogP contribution < -0.4 is 0 Å². The number of carbonyl (C=O) groups is 2. The standard InChI is InChI=1S/C21H27FN4O5S/c1-15-23-19(13-24(15)2)32(29,30)26-10-8-17(9-11-26)21(28)31-14-20(27)25(3)12-16-4-6-18(22)7-5-16/h4-7,13,17H,8-12,14H2,1-3H3. The summed E-state index contributed by atoms with van der Waals surface area (Å²) in [4.78, 5) is 30.1. The fraction of sp³-hybridized carbons (Fsp3) is 0.476. The normalized spacial score (nSPS) is 15.5. The monoisotopic (exact) mass is 466 g/mol. The number of hydrogen-bond donors (Lipinski definition) is 0. The number of piperidine rings is 1. The minimum atomic E-state index is -3.72. The van der Waals surface area contributed by atoms with Crippen molar-refractivity contribution in [2.45, 2.75) is 31.3 Å². The second kappa shape index (κ2) is 9.78. The molecule has 0 spiro atoms. The summed E-state index contributed by atoms with van der Waals surface area (Å²) in [5.74, 6) is -1.13. The van der Waals surface area contributed by atoms with Crippen molar-refractivity contribution in [2.24, 2.45) is 13.0 Å². The molecule has 0 saturated carbocycles. The summed E-state index contributed by atoms with van der Waals surface area (Å²) < 4.78 is 46.6. The van der Waals surface area contributed by atoms with Gasteiger partial charge >= 0.3 is 5.97 Å². The quantitative estimate of drug-likeness (QED) is 0.573. The van der Waals surface area contributed by atoms with Gasteiger partial charge in [0.15, 0.2) is 11.6 Å². The van der Waals surface area contributed by atoms with Crippen molar-refractivity contribution in [1.29, 1.82) is 0 Å². The van der Waals surface area contributed by atoms with Crippen molar-refractivity contribution in [3.8, 4) is 0 Å². The van der Waals surface area contributed by atoms with E-state index in [2.05, 4.69) is 4.98 Å². The highest BCUT2D eigenvalue weighted by atomic mass is 32.2. The van der Waals surface area contributed by atoms with Crippen molar-refractivity contribution >= 4 is 21.9 Å². The molecule has 174 valence electrons. The maximum Gasteiger partial charge on any atom is 0.309 e. The zero-order valence-corrected chi connectivity index (χ0v) is 19.1. The van der Waals surface area contributed by atoms with Crippen LogP contribution in [-0.2, 0) is 37.9 Å². The summed E-state index contributed by atoms with van der Waals surface area (Å²) in [5.41, 5.74) is 0.755. The van der Waals surface area contributed by atoms with Crippen LogP contribution in [0.3, 0.4) is 0 Å². The Hall–Kier alpha value is -2.79. The first kappa shape index (κ1) is 23.9. The first-order valence-corrected chi connectivity index (χ1v) is 11.7. The molecular weight excluding hydrogens is 439 g/mol. The van der Waals surface area contributed by atoms with Crippen molar-refractivity contribution in [2.75, 3.05) is 26.7 Å². The van der Waals surface area contributed by atoms with Gasteiger partial charge in [-0.05, 0) is 37.5 Å². The van der Waals surface area contributed by atoms with E-state index in [0.717, 1.165) is 5.56 Å². The van der Waals surface area contributed by atoms with E-state index in [4.69, 9.17) is 4.74 Å². The molecule has 1 aromatic carbocycles. The number of aromatic nitrogens is 2. The van der Waals surface area contributed by atoms with Gasteiger partial charge in [-0.25, -0.2) is 17.8 Å². The summed E-state index contributed by atoms with van der Waals surface area (Å²) >= 11 is 0. The number of ether oxygens (including phenoxy) is 1. The van der Waals surface area contributed by atoms with Gasteiger partial charge in [0.2, 0.25) is 0 Å². The molecule has 0 bridgehead atoms. The number of amides is 1. The number of imidazole rings is 1. The van der Waals surface area contributed by atoms with Gasteiger partial charge in [0, 0.05) is 39.9 Å². The third-order valence-corrected chi connectivity index (χ3v) is 7.34. The van der Waals surface area contributed by atoms with E-state index < -0.39 is 28.5 Å². The van der Waals surface area contributed by atoms with E-state index in [1.807, 2.05) is 0 Å². The summed E-state index contributed by atoms with van der Waals surface area (Å²) in [7, 11) is -0.421. The van der Waals surface area contributed by atoms with E-state index >= 15 is 0 Å². The number of hydrogen-bond acceptors (Lipinski definition) is 6. The first-order chi connectivity index (χ1) is 15.1. The van der Waals surface area contributed by atoms with E-state index in [9.17, 15) is 22.4 Å². The number of esters is 1. The molecule has 2 aromatic rings. The fourth-order valence-corrected chi connectivity index (χ4v) is 4.92. The van der Waals surface area contributed by atoms with Gasteiger partial charge in [-0.15, -0.1) is 0 Å². The summed E-state index contributed by atoms with van der Waals surface area (Å²) in [6.45, 7) is 1.94. The number of benzene rings is 1. The number of sulfonamides is 1. The molecule has 1 aliphatic rings. The lowest BCUT2D eigenvalue weighted by molar-refractivity contribution is -0.156. The first-order valence-electron chi connectivity index (χ1n) is 10.2. The highest BCUT2D eigenvalue weighted by Crippen LogP contribution is 2.24. The van der Waals surface area contributed by atoms with Crippen LogP contribution >= 0.6 is 0 Å². The number of rotatable bonds is 7. The third-order valence-electron chi connectivity index (χ3n) is 5.57. The smallest absolute Gasteiger partial charge is 0.309 e. The minimum absolute atomic E-state index is 0.00619. The van der Waals surface area contributed by atoms with Gasteiger partial charge in [-0.2, -0.15) is 4.31 Å². The lowest BCUT2D eigenvalue weighted by Crippen LogP contribution is -2.41. The van der Waals surface area contributed by atoms with Crippen molar-refractivity contribution in [3.63, 3.8) is 0 Å². The Morgan fingerprint density at radius 1 is 1.22 bits per heavy atom. The Labute approximate surface area is 186 Å². The lowest BCUT2D eigenvalue weighted by atomic mass is 9.98. The number of aryl methyl sites for hydroxylation is 2. The maximum absolute atomic E-state index is 13.0. The molecule has 0 radical (unpaired) electrons. The largest absolute Gasteiger partial charge is 0.455 e. The molecule has 1 saturated heterocycles. The Bertz CT molecular complexity index is 1060. The Kier molecular flexibility index (Phi) is 7.29. The zero-order chi connectivity index (χ0) is 23.5. The van der Waals surface area contributed by atoms with Crippen molar-refractivity contribution in [3.05, 3.63) is 47.7 Å². The van der Waals surface area contributed by atoms with Crippen LogP contribution in [0.15, 0.2) is 35.5 Å². The molecule has 1 amide bonds. The number of halogens is 1. The molecule has 11 heteroatoms. The van der Waals surface area contributed by atoms with Crippen molar-refractivity contribution < 1.29 is 27.1 Å². The molecular formula is C21H27FN4O5S. The second-order valence-electron chi connectivity index (χ2n) is 7.90. The van der Waals surface area contributed by atoms with E-state index in [1.54, 1.807) is 37.7 Å². The van der Waals surface area contributed by atoms with E-state index in [1.165, 1.54) is 27.5 Å². The van der Waals surface area contributed by atoms with Gasteiger partial charge in [0.1, 0.15) is 11.6 Å².